The van der Waals surface area contributed by atoms with E-state index < -0.39 is 22.7 Å². The van der Waals surface area contributed by atoms with E-state index in [-0.39, 0.29) is 24.5 Å². The molecule has 0 radical (unpaired) electrons. The maximum atomic E-state index is 13.2. The second-order valence-electron chi connectivity index (χ2n) is 6.61. The quantitative estimate of drug-likeness (QED) is 0.543. The number of nitrogens with zero attached hydrogens (tertiary/aromatic N) is 3. The first-order chi connectivity index (χ1) is 13.8. The molecule has 4 nitrogen and oxygen atoms in total. The average molecular weight is 424 g/mol. The van der Waals surface area contributed by atoms with Crippen LogP contribution in [0.25, 0.3) is 11.3 Å². The molecule has 0 spiro atoms. The Kier molecular flexibility index (Phi) is 4.82. The number of benzene rings is 2. The summed E-state index contributed by atoms with van der Waals surface area (Å²) in [6.07, 6.45) is -3.01. The van der Waals surface area contributed by atoms with Gasteiger partial charge in [-0.25, -0.2) is 9.37 Å². The van der Waals surface area contributed by atoms with Crippen molar-refractivity contribution in [2.75, 3.05) is 6.54 Å². The summed E-state index contributed by atoms with van der Waals surface area (Å²) in [7, 11) is 0. The van der Waals surface area contributed by atoms with Crippen LogP contribution in [0.4, 0.5) is 17.6 Å². The lowest BCUT2D eigenvalue weighted by Crippen LogP contribution is -2.38. The fraction of sp³-hybridized carbons (Fsp3) is 0.200. The van der Waals surface area contributed by atoms with Crippen molar-refractivity contribution >= 4 is 17.5 Å². The van der Waals surface area contributed by atoms with Crippen LogP contribution in [0.3, 0.4) is 0 Å². The lowest BCUT2D eigenvalue weighted by Gasteiger charge is -2.29. The highest BCUT2D eigenvalue weighted by atomic mass is 35.5. The summed E-state index contributed by atoms with van der Waals surface area (Å²) in [6.45, 7) is 0.819. The van der Waals surface area contributed by atoms with Gasteiger partial charge in [-0.05, 0) is 42.0 Å². The van der Waals surface area contributed by atoms with Gasteiger partial charge >= 0.3 is 6.18 Å². The number of aromatic nitrogens is 2. The Hall–Kier alpha value is -2.87. The van der Waals surface area contributed by atoms with E-state index in [1.165, 1.54) is 29.2 Å². The lowest BCUT2D eigenvalue weighted by molar-refractivity contribution is -0.137. The molecular weight excluding hydrogens is 410 g/mol. The van der Waals surface area contributed by atoms with Crippen LogP contribution < -0.4 is 0 Å². The third kappa shape index (κ3) is 3.60. The molecule has 9 heteroatoms. The van der Waals surface area contributed by atoms with Crippen LogP contribution in [0.2, 0.25) is 5.02 Å². The number of carbonyl (C=O) groups excluding carboxylic acids is 1. The molecule has 4 rings (SSSR count). The average Bonchev–Trinajstić information content (AvgIpc) is 3.10. The highest BCUT2D eigenvalue weighted by Crippen LogP contribution is 2.37. The molecule has 0 bridgehead atoms. The van der Waals surface area contributed by atoms with Crippen molar-refractivity contribution < 1.29 is 22.4 Å². The van der Waals surface area contributed by atoms with Gasteiger partial charge in [0.05, 0.1) is 34.6 Å². The maximum absolute atomic E-state index is 13.2. The molecule has 3 aromatic rings. The number of alkyl halides is 3. The minimum atomic E-state index is -4.64. The summed E-state index contributed by atoms with van der Waals surface area (Å²) < 4.78 is 54.3. The molecule has 0 unspecified atom stereocenters. The van der Waals surface area contributed by atoms with Gasteiger partial charge < -0.3 is 9.47 Å². The zero-order chi connectivity index (χ0) is 20.8. The first-order valence-corrected chi connectivity index (χ1v) is 9.09. The van der Waals surface area contributed by atoms with Crippen molar-refractivity contribution in [2.45, 2.75) is 19.3 Å². The minimum Gasteiger partial charge on any atom is -0.329 e. The van der Waals surface area contributed by atoms with Gasteiger partial charge in [-0.15, -0.1) is 0 Å². The SMILES string of the molecule is O=C(c1cccc(C(F)(F)F)c1Cl)N1CCn2c(-c3ccc(F)cc3)cnc2C1. The van der Waals surface area contributed by atoms with Gasteiger partial charge in [0.25, 0.3) is 5.91 Å². The van der Waals surface area contributed by atoms with Crippen molar-refractivity contribution in [3.63, 3.8) is 0 Å². The number of carbonyl (C=O) groups is 1. The molecule has 0 aliphatic carbocycles. The van der Waals surface area contributed by atoms with Crippen molar-refractivity contribution in [3.05, 3.63) is 76.5 Å². The minimum absolute atomic E-state index is 0.132. The summed E-state index contributed by atoms with van der Waals surface area (Å²) in [6, 6.07) is 9.27. The molecule has 2 heterocycles. The third-order valence-corrected chi connectivity index (χ3v) is 5.23. The molecule has 2 aromatic carbocycles. The van der Waals surface area contributed by atoms with E-state index in [0.29, 0.717) is 12.4 Å². The van der Waals surface area contributed by atoms with Crippen LogP contribution >= 0.6 is 11.6 Å². The van der Waals surface area contributed by atoms with E-state index >= 15 is 0 Å². The van der Waals surface area contributed by atoms with Gasteiger partial charge in [0.15, 0.2) is 0 Å². The Morgan fingerprint density at radius 2 is 1.79 bits per heavy atom. The highest BCUT2D eigenvalue weighted by molar-refractivity contribution is 6.34. The van der Waals surface area contributed by atoms with Gasteiger partial charge in [0.1, 0.15) is 11.6 Å². The molecule has 1 aromatic heterocycles. The molecule has 0 atom stereocenters. The predicted octanol–water partition coefficient (Wildman–Crippen LogP) is 5.02. The Labute approximate surface area is 168 Å². The maximum Gasteiger partial charge on any atom is 0.417 e. The Bertz CT molecular complexity index is 1080. The number of fused-ring (bicyclic) bond motifs is 1. The second kappa shape index (κ2) is 7.18. The number of imidazole rings is 1. The summed E-state index contributed by atoms with van der Waals surface area (Å²) in [5.41, 5.74) is 0.331. The summed E-state index contributed by atoms with van der Waals surface area (Å²) >= 11 is 5.89. The van der Waals surface area contributed by atoms with E-state index in [4.69, 9.17) is 11.6 Å². The zero-order valence-corrected chi connectivity index (χ0v) is 15.6. The van der Waals surface area contributed by atoms with E-state index in [9.17, 15) is 22.4 Å². The number of amides is 1. The monoisotopic (exact) mass is 423 g/mol. The van der Waals surface area contributed by atoms with Gasteiger partial charge in [-0.1, -0.05) is 17.7 Å². The smallest absolute Gasteiger partial charge is 0.329 e. The topological polar surface area (TPSA) is 38.1 Å². The molecule has 1 amide bonds. The lowest BCUT2D eigenvalue weighted by atomic mass is 10.1. The van der Waals surface area contributed by atoms with Crippen LogP contribution in [-0.2, 0) is 19.3 Å². The molecule has 150 valence electrons. The largest absolute Gasteiger partial charge is 0.417 e. The van der Waals surface area contributed by atoms with E-state index in [1.54, 1.807) is 18.3 Å². The van der Waals surface area contributed by atoms with Gasteiger partial charge in [-0.2, -0.15) is 13.2 Å². The Balaban J connectivity index is 1.60. The van der Waals surface area contributed by atoms with Gasteiger partial charge in [-0.3, -0.25) is 4.79 Å². The van der Waals surface area contributed by atoms with E-state index in [0.717, 1.165) is 17.3 Å². The number of hydrogen-bond acceptors (Lipinski definition) is 2. The summed E-state index contributed by atoms with van der Waals surface area (Å²) in [5, 5.41) is -0.606. The fourth-order valence-electron chi connectivity index (χ4n) is 3.37. The first kappa shape index (κ1) is 19.4. The normalized spacial score (nSPS) is 14.0. The van der Waals surface area contributed by atoms with Crippen molar-refractivity contribution in [3.8, 4) is 11.3 Å². The van der Waals surface area contributed by atoms with Gasteiger partial charge in [0, 0.05) is 13.1 Å². The van der Waals surface area contributed by atoms with E-state index in [1.807, 2.05) is 4.57 Å². The highest BCUT2D eigenvalue weighted by Gasteiger charge is 2.35. The number of rotatable bonds is 2. The van der Waals surface area contributed by atoms with Crippen molar-refractivity contribution in [1.29, 1.82) is 0 Å². The predicted molar refractivity (Wildman–Crippen MR) is 98.8 cm³/mol. The molecule has 0 saturated heterocycles. The number of halogens is 5. The van der Waals surface area contributed by atoms with Crippen LogP contribution in [0, 0.1) is 5.82 Å². The van der Waals surface area contributed by atoms with Crippen LogP contribution in [0.1, 0.15) is 21.7 Å². The molecule has 1 aliphatic heterocycles. The van der Waals surface area contributed by atoms with Crippen molar-refractivity contribution in [2.24, 2.45) is 0 Å². The fourth-order valence-corrected chi connectivity index (χ4v) is 3.69. The second-order valence-corrected chi connectivity index (χ2v) is 6.99. The van der Waals surface area contributed by atoms with Crippen LogP contribution in [-0.4, -0.2) is 26.9 Å². The van der Waals surface area contributed by atoms with Crippen molar-refractivity contribution in [1.82, 2.24) is 14.5 Å². The summed E-state index contributed by atoms with van der Waals surface area (Å²) in [5.74, 6) is -0.340. The Morgan fingerprint density at radius 1 is 1.07 bits per heavy atom. The zero-order valence-electron chi connectivity index (χ0n) is 14.9. The molecule has 0 N–H and O–H groups in total. The summed E-state index contributed by atoms with van der Waals surface area (Å²) in [4.78, 5) is 18.6. The molecule has 0 saturated carbocycles. The van der Waals surface area contributed by atoms with Crippen LogP contribution in [0.5, 0.6) is 0 Å². The standard InChI is InChI=1S/C20H14ClF4N3O/c21-18-14(2-1-3-15(18)20(23,24)25)19(29)27-8-9-28-16(10-26-17(28)11-27)12-4-6-13(22)7-5-12/h1-7,10H,8-9,11H2. The third-order valence-electron chi connectivity index (χ3n) is 4.83. The first-order valence-electron chi connectivity index (χ1n) is 8.71. The molecule has 1 aliphatic rings. The molecule has 29 heavy (non-hydrogen) atoms. The van der Waals surface area contributed by atoms with E-state index in [2.05, 4.69) is 4.98 Å². The molecular formula is C20H14ClF4N3O. The molecule has 0 fully saturated rings. The Morgan fingerprint density at radius 3 is 2.48 bits per heavy atom. The number of hydrogen-bond donors (Lipinski definition) is 0. The van der Waals surface area contributed by atoms with Gasteiger partial charge in [0.2, 0.25) is 0 Å². The van der Waals surface area contributed by atoms with Crippen LogP contribution in [0.15, 0.2) is 48.7 Å².